The van der Waals surface area contributed by atoms with Crippen LogP contribution in [-0.2, 0) is 6.54 Å². The first-order chi connectivity index (χ1) is 9.06. The average Bonchev–Trinajstić information content (AvgIpc) is 2.45. The maximum absolute atomic E-state index is 9.62. The van der Waals surface area contributed by atoms with Crippen molar-refractivity contribution in [1.29, 1.82) is 0 Å². The number of aliphatic hydroxyl groups is 5. The zero-order chi connectivity index (χ0) is 14.3. The van der Waals surface area contributed by atoms with Crippen LogP contribution in [0.25, 0.3) is 0 Å². The number of hydrogen-bond donors (Lipinski definition) is 6. The molecule has 1 aromatic heterocycles. The normalized spacial score (nSPS) is 17.7. The van der Waals surface area contributed by atoms with Crippen molar-refractivity contribution in [3.63, 3.8) is 0 Å². The van der Waals surface area contributed by atoms with E-state index in [0.717, 1.165) is 5.69 Å². The van der Waals surface area contributed by atoms with Gasteiger partial charge in [0.1, 0.15) is 18.3 Å². The molecule has 0 spiro atoms. The minimum atomic E-state index is -1.60. The van der Waals surface area contributed by atoms with Gasteiger partial charge < -0.3 is 30.8 Å². The molecule has 0 aliphatic carbocycles. The van der Waals surface area contributed by atoms with Crippen molar-refractivity contribution in [3.8, 4) is 0 Å². The third-order valence-corrected chi connectivity index (χ3v) is 2.71. The van der Waals surface area contributed by atoms with Gasteiger partial charge >= 0.3 is 0 Å². The predicted octanol–water partition coefficient (Wildman–Crippen LogP) is -2.39. The van der Waals surface area contributed by atoms with Gasteiger partial charge in [0.2, 0.25) is 0 Å². The van der Waals surface area contributed by atoms with Crippen LogP contribution in [-0.4, -0.2) is 68.1 Å². The Balaban J connectivity index is 2.32. The maximum Gasteiger partial charge on any atom is 0.111 e. The van der Waals surface area contributed by atoms with Crippen LogP contribution in [0.3, 0.4) is 0 Å². The summed E-state index contributed by atoms with van der Waals surface area (Å²) in [7, 11) is 0. The van der Waals surface area contributed by atoms with Gasteiger partial charge in [0, 0.05) is 19.3 Å². The number of nitrogens with zero attached hydrogens (tertiary/aromatic N) is 1. The molecule has 0 radical (unpaired) electrons. The van der Waals surface area contributed by atoms with Crippen LogP contribution in [0, 0.1) is 0 Å². The van der Waals surface area contributed by atoms with Crippen LogP contribution in [0.2, 0.25) is 0 Å². The molecule has 1 heterocycles. The van der Waals surface area contributed by atoms with E-state index in [1.807, 2.05) is 6.07 Å². The highest BCUT2D eigenvalue weighted by Gasteiger charge is 2.29. The Kier molecular flexibility index (Phi) is 6.85. The van der Waals surface area contributed by atoms with Crippen LogP contribution in [0.1, 0.15) is 5.69 Å². The van der Waals surface area contributed by atoms with E-state index in [0.29, 0.717) is 6.54 Å². The lowest BCUT2D eigenvalue weighted by Crippen LogP contribution is -2.48. The quantitative estimate of drug-likeness (QED) is 0.312. The standard InChI is InChI=1S/C12H20N2O5/c15-7-10(17)12(19)11(18)9(16)6-13-5-8-3-1-2-4-14-8/h1-4,9-13,15-19H,5-7H2/t9-,10+,11+,12+/m0/s1. The SMILES string of the molecule is OC[C@@H](O)[C@@H](O)[C@H](O)[C@@H](O)CNCc1ccccn1. The third-order valence-electron chi connectivity index (χ3n) is 2.71. The molecule has 0 aliphatic rings. The fourth-order valence-electron chi connectivity index (χ4n) is 1.53. The van der Waals surface area contributed by atoms with E-state index < -0.39 is 31.0 Å². The van der Waals surface area contributed by atoms with E-state index >= 15 is 0 Å². The molecule has 1 rings (SSSR count). The van der Waals surface area contributed by atoms with Crippen LogP contribution < -0.4 is 5.32 Å². The summed E-state index contributed by atoms with van der Waals surface area (Å²) in [5.41, 5.74) is 0.778. The van der Waals surface area contributed by atoms with Gasteiger partial charge in [-0.25, -0.2) is 0 Å². The highest BCUT2D eigenvalue weighted by molar-refractivity contribution is 5.02. The Bertz CT molecular complexity index is 351. The summed E-state index contributed by atoms with van der Waals surface area (Å²) in [6.07, 6.45) is -4.25. The molecule has 0 unspecified atom stereocenters. The Morgan fingerprint density at radius 2 is 1.74 bits per heavy atom. The van der Waals surface area contributed by atoms with E-state index in [4.69, 9.17) is 10.2 Å². The van der Waals surface area contributed by atoms with Gasteiger partial charge in [0.15, 0.2) is 0 Å². The monoisotopic (exact) mass is 272 g/mol. The first-order valence-electron chi connectivity index (χ1n) is 6.00. The Morgan fingerprint density at radius 1 is 1.05 bits per heavy atom. The van der Waals surface area contributed by atoms with Gasteiger partial charge in [-0.3, -0.25) is 4.98 Å². The van der Waals surface area contributed by atoms with Crippen molar-refractivity contribution in [1.82, 2.24) is 10.3 Å². The van der Waals surface area contributed by atoms with Gasteiger partial charge in [-0.05, 0) is 12.1 Å². The van der Waals surface area contributed by atoms with Gasteiger partial charge in [-0.1, -0.05) is 6.07 Å². The van der Waals surface area contributed by atoms with E-state index in [2.05, 4.69) is 10.3 Å². The molecule has 1 aromatic rings. The van der Waals surface area contributed by atoms with Crippen LogP contribution in [0.5, 0.6) is 0 Å². The Morgan fingerprint density at radius 3 is 2.32 bits per heavy atom. The second kappa shape index (κ2) is 8.16. The van der Waals surface area contributed by atoms with E-state index in [-0.39, 0.29) is 6.54 Å². The molecule has 108 valence electrons. The molecular formula is C12H20N2O5. The molecule has 0 fully saturated rings. The fraction of sp³-hybridized carbons (Fsp3) is 0.583. The number of aromatic nitrogens is 1. The molecule has 0 bridgehead atoms. The zero-order valence-corrected chi connectivity index (χ0v) is 10.4. The first kappa shape index (κ1) is 16.0. The first-order valence-corrected chi connectivity index (χ1v) is 6.00. The summed E-state index contributed by atoms with van der Waals surface area (Å²) in [4.78, 5) is 4.07. The van der Waals surface area contributed by atoms with Crippen molar-refractivity contribution in [2.75, 3.05) is 13.2 Å². The fourth-order valence-corrected chi connectivity index (χ4v) is 1.53. The van der Waals surface area contributed by atoms with Crippen molar-refractivity contribution >= 4 is 0 Å². The summed E-state index contributed by atoms with van der Waals surface area (Å²) in [6.45, 7) is -0.261. The lowest BCUT2D eigenvalue weighted by atomic mass is 10.0. The number of aliphatic hydroxyl groups excluding tert-OH is 5. The number of pyridine rings is 1. The molecule has 0 aliphatic heterocycles. The van der Waals surface area contributed by atoms with Crippen molar-refractivity contribution in [3.05, 3.63) is 30.1 Å². The van der Waals surface area contributed by atoms with Crippen molar-refractivity contribution in [2.24, 2.45) is 0 Å². The summed E-state index contributed by atoms with van der Waals surface area (Å²) in [5.74, 6) is 0. The Hall–Kier alpha value is -1.09. The topological polar surface area (TPSA) is 126 Å². The van der Waals surface area contributed by atoms with Gasteiger partial charge in [-0.2, -0.15) is 0 Å². The highest BCUT2D eigenvalue weighted by atomic mass is 16.4. The lowest BCUT2D eigenvalue weighted by molar-refractivity contribution is -0.114. The van der Waals surface area contributed by atoms with Crippen LogP contribution in [0.4, 0.5) is 0 Å². The van der Waals surface area contributed by atoms with Crippen molar-refractivity contribution in [2.45, 2.75) is 31.0 Å². The second-order valence-corrected chi connectivity index (χ2v) is 4.25. The molecule has 19 heavy (non-hydrogen) atoms. The molecule has 0 aromatic carbocycles. The summed E-state index contributed by atoms with van der Waals surface area (Å²) in [5, 5.41) is 49.2. The molecule has 0 amide bonds. The number of nitrogens with one attached hydrogen (secondary N) is 1. The minimum absolute atomic E-state index is 0.0208. The summed E-state index contributed by atoms with van der Waals surface area (Å²) < 4.78 is 0. The van der Waals surface area contributed by atoms with Gasteiger partial charge in [-0.15, -0.1) is 0 Å². The number of hydrogen-bond acceptors (Lipinski definition) is 7. The zero-order valence-electron chi connectivity index (χ0n) is 10.4. The average molecular weight is 272 g/mol. The van der Waals surface area contributed by atoms with E-state index in [1.54, 1.807) is 18.3 Å². The maximum atomic E-state index is 9.62. The van der Waals surface area contributed by atoms with Crippen molar-refractivity contribution < 1.29 is 25.5 Å². The molecule has 4 atom stereocenters. The lowest BCUT2D eigenvalue weighted by Gasteiger charge is -2.25. The minimum Gasteiger partial charge on any atom is -0.394 e. The molecule has 0 saturated carbocycles. The smallest absolute Gasteiger partial charge is 0.111 e. The Labute approximate surface area is 111 Å². The molecular weight excluding hydrogens is 252 g/mol. The van der Waals surface area contributed by atoms with Gasteiger partial charge in [0.05, 0.1) is 18.4 Å². The van der Waals surface area contributed by atoms with Crippen LogP contribution >= 0.6 is 0 Å². The molecule has 6 N–H and O–H groups in total. The van der Waals surface area contributed by atoms with Crippen LogP contribution in [0.15, 0.2) is 24.4 Å². The summed E-state index contributed by atoms with van der Waals surface area (Å²) >= 11 is 0. The van der Waals surface area contributed by atoms with Gasteiger partial charge in [0.25, 0.3) is 0 Å². The van der Waals surface area contributed by atoms with E-state index in [9.17, 15) is 15.3 Å². The molecule has 7 nitrogen and oxygen atoms in total. The second-order valence-electron chi connectivity index (χ2n) is 4.25. The molecule has 0 saturated heterocycles. The van der Waals surface area contributed by atoms with E-state index in [1.165, 1.54) is 0 Å². The molecule has 7 heteroatoms. The third kappa shape index (κ3) is 5.19. The summed E-state index contributed by atoms with van der Waals surface area (Å²) in [6, 6.07) is 5.42. The highest BCUT2D eigenvalue weighted by Crippen LogP contribution is 2.04. The predicted molar refractivity (Wildman–Crippen MR) is 67.1 cm³/mol. The number of rotatable bonds is 8. The largest absolute Gasteiger partial charge is 0.394 e.